The molecular formula is C25H48O4. The molecule has 0 spiro atoms. The SMILES string of the molecule is CCOC(=O)CCCCCCCCCCCCCCCC(C)CCC(=O)OCC. The molecule has 172 valence electrons. The maximum Gasteiger partial charge on any atom is 0.305 e. The van der Waals surface area contributed by atoms with Crippen LogP contribution in [0.25, 0.3) is 0 Å². The molecule has 0 fully saturated rings. The second-order valence-corrected chi connectivity index (χ2v) is 8.39. The van der Waals surface area contributed by atoms with E-state index < -0.39 is 0 Å². The highest BCUT2D eigenvalue weighted by Crippen LogP contribution is 2.17. The van der Waals surface area contributed by atoms with Crippen LogP contribution < -0.4 is 0 Å². The van der Waals surface area contributed by atoms with Gasteiger partial charge in [0.15, 0.2) is 0 Å². The second kappa shape index (κ2) is 21.6. The first kappa shape index (κ1) is 27.9. The number of hydrogen-bond donors (Lipinski definition) is 0. The predicted molar refractivity (Wildman–Crippen MR) is 121 cm³/mol. The number of esters is 2. The van der Waals surface area contributed by atoms with E-state index in [1.807, 2.05) is 13.8 Å². The van der Waals surface area contributed by atoms with Crippen LogP contribution in [0.1, 0.15) is 130 Å². The third-order valence-electron chi connectivity index (χ3n) is 5.53. The Balaban J connectivity index is 3.20. The molecule has 0 aromatic heterocycles. The van der Waals surface area contributed by atoms with Crippen LogP contribution in [0.15, 0.2) is 0 Å². The summed E-state index contributed by atoms with van der Waals surface area (Å²) in [6, 6.07) is 0. The number of ether oxygens (including phenoxy) is 2. The molecule has 0 N–H and O–H groups in total. The Hall–Kier alpha value is -1.06. The summed E-state index contributed by atoms with van der Waals surface area (Å²) in [4.78, 5) is 22.6. The van der Waals surface area contributed by atoms with Gasteiger partial charge < -0.3 is 9.47 Å². The Morgan fingerprint density at radius 3 is 1.38 bits per heavy atom. The minimum absolute atomic E-state index is 0.0454. The third-order valence-corrected chi connectivity index (χ3v) is 5.53. The zero-order chi connectivity index (χ0) is 21.6. The molecule has 0 aliphatic carbocycles. The summed E-state index contributed by atoms with van der Waals surface area (Å²) in [6.07, 6.45) is 20.2. The summed E-state index contributed by atoms with van der Waals surface area (Å²) in [5.74, 6) is 0.536. The first-order valence-corrected chi connectivity index (χ1v) is 12.4. The lowest BCUT2D eigenvalue weighted by Crippen LogP contribution is -2.06. The molecule has 4 heteroatoms. The van der Waals surface area contributed by atoms with Gasteiger partial charge in [0.05, 0.1) is 13.2 Å². The molecular weight excluding hydrogens is 364 g/mol. The van der Waals surface area contributed by atoms with Gasteiger partial charge in [0.25, 0.3) is 0 Å². The minimum atomic E-state index is -0.0478. The Labute approximate surface area is 180 Å². The highest BCUT2D eigenvalue weighted by atomic mass is 16.5. The van der Waals surface area contributed by atoms with Gasteiger partial charge in [0.2, 0.25) is 0 Å². The van der Waals surface area contributed by atoms with E-state index in [9.17, 15) is 9.59 Å². The molecule has 4 nitrogen and oxygen atoms in total. The van der Waals surface area contributed by atoms with Crippen LogP contribution in [0.4, 0.5) is 0 Å². The molecule has 1 unspecified atom stereocenters. The molecule has 0 aliphatic heterocycles. The molecule has 1 atom stereocenters. The highest BCUT2D eigenvalue weighted by Gasteiger charge is 2.07. The molecule has 0 radical (unpaired) electrons. The molecule has 0 saturated heterocycles. The van der Waals surface area contributed by atoms with Crippen molar-refractivity contribution in [1.29, 1.82) is 0 Å². The van der Waals surface area contributed by atoms with Gasteiger partial charge in [-0.15, -0.1) is 0 Å². The van der Waals surface area contributed by atoms with Gasteiger partial charge >= 0.3 is 11.9 Å². The minimum Gasteiger partial charge on any atom is -0.466 e. The molecule has 0 amide bonds. The second-order valence-electron chi connectivity index (χ2n) is 8.39. The zero-order valence-electron chi connectivity index (χ0n) is 19.6. The lowest BCUT2D eigenvalue weighted by Gasteiger charge is -2.10. The smallest absolute Gasteiger partial charge is 0.305 e. The molecule has 0 heterocycles. The topological polar surface area (TPSA) is 52.6 Å². The van der Waals surface area contributed by atoms with E-state index in [-0.39, 0.29) is 11.9 Å². The molecule has 0 saturated carbocycles. The van der Waals surface area contributed by atoms with E-state index in [0.717, 1.165) is 19.3 Å². The normalized spacial score (nSPS) is 12.0. The quantitative estimate of drug-likeness (QED) is 0.146. The first-order valence-electron chi connectivity index (χ1n) is 12.4. The van der Waals surface area contributed by atoms with E-state index in [2.05, 4.69) is 6.92 Å². The van der Waals surface area contributed by atoms with Crippen molar-refractivity contribution in [2.45, 2.75) is 130 Å². The number of rotatable bonds is 21. The summed E-state index contributed by atoms with van der Waals surface area (Å²) in [5.41, 5.74) is 0. The Kier molecular flexibility index (Phi) is 20.9. The highest BCUT2D eigenvalue weighted by molar-refractivity contribution is 5.69. The van der Waals surface area contributed by atoms with Crippen LogP contribution >= 0.6 is 0 Å². The standard InChI is InChI=1S/C25H48O4/c1-4-28-24(26)20-18-16-14-12-10-8-6-7-9-11-13-15-17-19-23(3)21-22-25(27)29-5-2/h23H,4-22H2,1-3H3. The largest absolute Gasteiger partial charge is 0.466 e. The van der Waals surface area contributed by atoms with Crippen molar-refractivity contribution in [3.8, 4) is 0 Å². The van der Waals surface area contributed by atoms with Gasteiger partial charge in [-0.2, -0.15) is 0 Å². The van der Waals surface area contributed by atoms with E-state index in [4.69, 9.17) is 9.47 Å². The average Bonchev–Trinajstić information content (AvgIpc) is 2.69. The summed E-state index contributed by atoms with van der Waals surface area (Å²) in [6.45, 7) is 6.96. The Bertz CT molecular complexity index is 381. The predicted octanol–water partition coefficient (Wildman–Crippen LogP) is 7.38. The lowest BCUT2D eigenvalue weighted by molar-refractivity contribution is -0.144. The van der Waals surface area contributed by atoms with E-state index in [1.54, 1.807) is 0 Å². The number of hydrogen-bond acceptors (Lipinski definition) is 4. The number of carbonyl (C=O) groups excluding carboxylic acids is 2. The monoisotopic (exact) mass is 412 g/mol. The van der Waals surface area contributed by atoms with Crippen molar-refractivity contribution in [1.82, 2.24) is 0 Å². The van der Waals surface area contributed by atoms with E-state index in [1.165, 1.54) is 77.0 Å². The van der Waals surface area contributed by atoms with Crippen molar-refractivity contribution in [3.05, 3.63) is 0 Å². The summed E-state index contributed by atoms with van der Waals surface area (Å²) >= 11 is 0. The molecule has 0 aromatic carbocycles. The van der Waals surface area contributed by atoms with Crippen LogP contribution in [0.5, 0.6) is 0 Å². The maximum atomic E-state index is 11.4. The van der Waals surface area contributed by atoms with E-state index in [0.29, 0.717) is 32.0 Å². The number of unbranched alkanes of at least 4 members (excludes halogenated alkanes) is 12. The van der Waals surface area contributed by atoms with Gasteiger partial charge in [0.1, 0.15) is 0 Å². The van der Waals surface area contributed by atoms with Gasteiger partial charge in [-0.3, -0.25) is 9.59 Å². The molecule has 0 aromatic rings. The molecule has 0 aliphatic rings. The fourth-order valence-electron chi connectivity index (χ4n) is 3.68. The van der Waals surface area contributed by atoms with Gasteiger partial charge in [-0.05, 0) is 32.6 Å². The van der Waals surface area contributed by atoms with Crippen molar-refractivity contribution in [2.75, 3.05) is 13.2 Å². The molecule has 0 rings (SSSR count). The third kappa shape index (κ3) is 21.5. The van der Waals surface area contributed by atoms with Crippen molar-refractivity contribution < 1.29 is 19.1 Å². The van der Waals surface area contributed by atoms with Crippen LogP contribution in [0, 0.1) is 5.92 Å². The fraction of sp³-hybridized carbons (Fsp3) is 0.920. The Morgan fingerprint density at radius 2 is 0.931 bits per heavy atom. The average molecular weight is 413 g/mol. The number of carbonyl (C=O) groups is 2. The van der Waals surface area contributed by atoms with Crippen molar-refractivity contribution in [3.63, 3.8) is 0 Å². The first-order chi connectivity index (χ1) is 14.1. The molecule has 0 bridgehead atoms. The Morgan fingerprint density at radius 1 is 0.552 bits per heavy atom. The van der Waals surface area contributed by atoms with Gasteiger partial charge in [-0.25, -0.2) is 0 Å². The van der Waals surface area contributed by atoms with E-state index >= 15 is 0 Å². The van der Waals surface area contributed by atoms with Gasteiger partial charge in [-0.1, -0.05) is 90.4 Å². The summed E-state index contributed by atoms with van der Waals surface area (Å²) in [7, 11) is 0. The zero-order valence-corrected chi connectivity index (χ0v) is 19.6. The molecule has 29 heavy (non-hydrogen) atoms. The van der Waals surface area contributed by atoms with Crippen molar-refractivity contribution in [2.24, 2.45) is 5.92 Å². The maximum absolute atomic E-state index is 11.4. The fourth-order valence-corrected chi connectivity index (χ4v) is 3.68. The van der Waals surface area contributed by atoms with Crippen molar-refractivity contribution >= 4 is 11.9 Å². The lowest BCUT2D eigenvalue weighted by atomic mass is 9.97. The van der Waals surface area contributed by atoms with Crippen LogP contribution in [0.2, 0.25) is 0 Å². The summed E-state index contributed by atoms with van der Waals surface area (Å²) in [5, 5.41) is 0. The summed E-state index contributed by atoms with van der Waals surface area (Å²) < 4.78 is 9.92. The van der Waals surface area contributed by atoms with Crippen LogP contribution in [-0.2, 0) is 19.1 Å². The van der Waals surface area contributed by atoms with Crippen LogP contribution in [0.3, 0.4) is 0 Å². The van der Waals surface area contributed by atoms with Gasteiger partial charge in [0, 0.05) is 12.8 Å². The van der Waals surface area contributed by atoms with Crippen LogP contribution in [-0.4, -0.2) is 25.2 Å².